The Bertz CT molecular complexity index is 1490. The predicted octanol–water partition coefficient (Wildman–Crippen LogP) is 4.69. The van der Waals surface area contributed by atoms with Gasteiger partial charge in [-0.15, -0.1) is 0 Å². The van der Waals surface area contributed by atoms with Crippen LogP contribution in [0.1, 0.15) is 27.8 Å². The number of fused-ring (bicyclic) bond motifs is 2. The molecule has 3 heterocycles. The van der Waals surface area contributed by atoms with Crippen molar-refractivity contribution in [3.05, 3.63) is 82.4 Å². The molecule has 10 nitrogen and oxygen atoms in total. The Morgan fingerprint density at radius 1 is 0.628 bits per heavy atom. The SMILES string of the molecule is COc1cc2c(cc1OC)CN(c1nc(NCCc3ccccc3)nc(N3CCc4cc(OC)c(OC)cc4C3)n1)CC2. The third kappa shape index (κ3) is 6.09. The molecule has 1 aromatic heterocycles. The number of nitrogens with one attached hydrogen (secondary N) is 1. The molecule has 2 aliphatic heterocycles. The largest absolute Gasteiger partial charge is 0.493 e. The summed E-state index contributed by atoms with van der Waals surface area (Å²) >= 11 is 0. The summed E-state index contributed by atoms with van der Waals surface area (Å²) in [5.41, 5.74) is 6.12. The van der Waals surface area contributed by atoms with E-state index >= 15 is 0 Å². The molecule has 0 amide bonds. The minimum absolute atomic E-state index is 0.576. The van der Waals surface area contributed by atoms with E-state index in [1.54, 1.807) is 28.4 Å². The minimum Gasteiger partial charge on any atom is -0.493 e. The van der Waals surface area contributed by atoms with Gasteiger partial charge in [0.25, 0.3) is 0 Å². The average Bonchev–Trinajstić information content (AvgIpc) is 3.06. The summed E-state index contributed by atoms with van der Waals surface area (Å²) in [7, 11) is 6.67. The summed E-state index contributed by atoms with van der Waals surface area (Å²) in [4.78, 5) is 19.3. The molecule has 0 saturated heterocycles. The second-order valence-corrected chi connectivity index (χ2v) is 10.7. The molecular formula is C33H38N6O4. The predicted molar refractivity (Wildman–Crippen MR) is 167 cm³/mol. The van der Waals surface area contributed by atoms with Gasteiger partial charge in [-0.25, -0.2) is 0 Å². The monoisotopic (exact) mass is 582 g/mol. The number of benzene rings is 3. The van der Waals surface area contributed by atoms with E-state index < -0.39 is 0 Å². The van der Waals surface area contributed by atoms with E-state index in [1.807, 2.05) is 6.07 Å². The minimum atomic E-state index is 0.576. The highest BCUT2D eigenvalue weighted by Crippen LogP contribution is 2.36. The number of nitrogens with zero attached hydrogens (tertiary/aromatic N) is 5. The Hall–Kier alpha value is -4.73. The summed E-state index contributed by atoms with van der Waals surface area (Å²) in [5.74, 6) is 4.84. The molecule has 0 unspecified atom stereocenters. The van der Waals surface area contributed by atoms with Crippen molar-refractivity contribution in [1.82, 2.24) is 15.0 Å². The van der Waals surface area contributed by atoms with Crippen LogP contribution in [-0.4, -0.2) is 63.0 Å². The highest BCUT2D eigenvalue weighted by atomic mass is 16.5. The standard InChI is InChI=1S/C33H38N6O4/c1-40-27-16-23-11-14-38(20-25(23)18-29(27)42-3)32-35-31(34-13-10-22-8-6-5-7-9-22)36-33(37-32)39-15-12-24-17-28(41-2)30(43-4)19-26(24)21-39/h5-9,16-19H,10-15,20-21H2,1-4H3,(H,34,35,36,37). The molecule has 0 aliphatic carbocycles. The van der Waals surface area contributed by atoms with Gasteiger partial charge in [-0.05, 0) is 71.3 Å². The van der Waals surface area contributed by atoms with Crippen LogP contribution in [0.5, 0.6) is 23.0 Å². The number of hydrogen-bond donors (Lipinski definition) is 1. The first-order valence-electron chi connectivity index (χ1n) is 14.6. The van der Waals surface area contributed by atoms with Crippen LogP contribution < -0.4 is 34.1 Å². The first-order chi connectivity index (χ1) is 21.1. The first kappa shape index (κ1) is 28.4. The van der Waals surface area contributed by atoms with Gasteiger partial charge in [-0.3, -0.25) is 0 Å². The lowest BCUT2D eigenvalue weighted by molar-refractivity contribution is 0.353. The van der Waals surface area contributed by atoms with Crippen molar-refractivity contribution in [3.8, 4) is 23.0 Å². The van der Waals surface area contributed by atoms with E-state index in [0.29, 0.717) is 37.5 Å². The summed E-state index contributed by atoms with van der Waals surface area (Å²) in [5, 5.41) is 3.47. The number of anilines is 3. The Kier molecular flexibility index (Phi) is 8.35. The lowest BCUT2D eigenvalue weighted by Gasteiger charge is -2.32. The quantitative estimate of drug-likeness (QED) is 0.284. The summed E-state index contributed by atoms with van der Waals surface area (Å²) in [6, 6.07) is 18.7. The molecule has 0 bridgehead atoms. The Balaban J connectivity index is 1.29. The van der Waals surface area contributed by atoms with E-state index in [9.17, 15) is 0 Å². The highest BCUT2D eigenvalue weighted by Gasteiger charge is 2.26. The van der Waals surface area contributed by atoms with Crippen molar-refractivity contribution < 1.29 is 18.9 Å². The van der Waals surface area contributed by atoms with Gasteiger partial charge in [0, 0.05) is 32.7 Å². The maximum Gasteiger partial charge on any atom is 0.232 e. The van der Waals surface area contributed by atoms with E-state index in [-0.39, 0.29) is 0 Å². The molecular weight excluding hydrogens is 544 g/mol. The van der Waals surface area contributed by atoms with Crippen molar-refractivity contribution in [1.29, 1.82) is 0 Å². The van der Waals surface area contributed by atoms with Gasteiger partial charge >= 0.3 is 0 Å². The number of hydrogen-bond acceptors (Lipinski definition) is 10. The van der Waals surface area contributed by atoms with Crippen molar-refractivity contribution in [3.63, 3.8) is 0 Å². The Morgan fingerprint density at radius 3 is 1.56 bits per heavy atom. The molecule has 0 radical (unpaired) electrons. The van der Waals surface area contributed by atoms with Gasteiger partial charge < -0.3 is 34.1 Å². The van der Waals surface area contributed by atoms with Crippen LogP contribution in [0.2, 0.25) is 0 Å². The molecule has 43 heavy (non-hydrogen) atoms. The number of ether oxygens (including phenoxy) is 4. The molecule has 0 spiro atoms. The van der Waals surface area contributed by atoms with Crippen LogP contribution in [-0.2, 0) is 32.4 Å². The van der Waals surface area contributed by atoms with Gasteiger partial charge in [-0.2, -0.15) is 15.0 Å². The van der Waals surface area contributed by atoms with Crippen LogP contribution in [0, 0.1) is 0 Å². The van der Waals surface area contributed by atoms with E-state index in [4.69, 9.17) is 33.9 Å². The fourth-order valence-electron chi connectivity index (χ4n) is 5.79. The van der Waals surface area contributed by atoms with Crippen LogP contribution in [0.15, 0.2) is 54.6 Å². The second kappa shape index (κ2) is 12.6. The van der Waals surface area contributed by atoms with Crippen LogP contribution >= 0.6 is 0 Å². The zero-order valence-corrected chi connectivity index (χ0v) is 25.2. The molecule has 10 heteroatoms. The van der Waals surface area contributed by atoms with Crippen LogP contribution in [0.3, 0.4) is 0 Å². The summed E-state index contributed by atoms with van der Waals surface area (Å²) in [6.45, 7) is 3.63. The highest BCUT2D eigenvalue weighted by molar-refractivity contribution is 5.54. The van der Waals surface area contributed by atoms with Gasteiger partial charge in [0.2, 0.25) is 17.8 Å². The Labute approximate surface area is 252 Å². The molecule has 3 aromatic carbocycles. The lowest BCUT2D eigenvalue weighted by atomic mass is 9.99. The molecule has 1 N–H and O–H groups in total. The third-order valence-electron chi connectivity index (χ3n) is 8.15. The zero-order valence-electron chi connectivity index (χ0n) is 25.2. The fourth-order valence-corrected chi connectivity index (χ4v) is 5.79. The summed E-state index contributed by atoms with van der Waals surface area (Å²) in [6.07, 6.45) is 2.58. The molecule has 4 aromatic rings. The number of aromatic nitrogens is 3. The molecule has 2 aliphatic rings. The maximum absolute atomic E-state index is 5.58. The van der Waals surface area contributed by atoms with Crippen LogP contribution in [0.25, 0.3) is 0 Å². The van der Waals surface area contributed by atoms with E-state index in [0.717, 1.165) is 55.4 Å². The normalized spacial score (nSPS) is 14.0. The van der Waals surface area contributed by atoms with Gasteiger partial charge in [0.1, 0.15) is 0 Å². The molecule has 0 saturated carbocycles. The average molecular weight is 583 g/mol. The number of rotatable bonds is 10. The molecule has 6 rings (SSSR count). The van der Waals surface area contributed by atoms with E-state index in [2.05, 4.69) is 63.6 Å². The molecule has 224 valence electrons. The topological polar surface area (TPSA) is 94.1 Å². The van der Waals surface area contributed by atoms with Gasteiger partial charge in [0.15, 0.2) is 23.0 Å². The van der Waals surface area contributed by atoms with Crippen molar-refractivity contribution in [2.45, 2.75) is 32.4 Å². The van der Waals surface area contributed by atoms with Crippen molar-refractivity contribution >= 4 is 17.8 Å². The maximum atomic E-state index is 5.58. The molecule has 0 fully saturated rings. The van der Waals surface area contributed by atoms with Crippen LogP contribution in [0.4, 0.5) is 17.8 Å². The Morgan fingerprint density at radius 2 is 1.09 bits per heavy atom. The summed E-state index contributed by atoms with van der Waals surface area (Å²) < 4.78 is 22.2. The molecule has 0 atom stereocenters. The van der Waals surface area contributed by atoms with E-state index in [1.165, 1.54) is 27.8 Å². The lowest BCUT2D eigenvalue weighted by Crippen LogP contribution is -2.35. The third-order valence-corrected chi connectivity index (χ3v) is 8.15. The number of methoxy groups -OCH3 is 4. The zero-order chi connectivity index (χ0) is 29.8. The second-order valence-electron chi connectivity index (χ2n) is 10.7. The van der Waals surface area contributed by atoms with Gasteiger partial charge in [0.05, 0.1) is 28.4 Å². The first-order valence-corrected chi connectivity index (χ1v) is 14.6. The fraction of sp³-hybridized carbons (Fsp3) is 0.364. The smallest absolute Gasteiger partial charge is 0.232 e. The van der Waals surface area contributed by atoms with Crippen molar-refractivity contribution in [2.75, 3.05) is 63.2 Å². The van der Waals surface area contributed by atoms with Gasteiger partial charge in [-0.1, -0.05) is 30.3 Å². The van der Waals surface area contributed by atoms with Crippen molar-refractivity contribution in [2.24, 2.45) is 0 Å².